The fourth-order valence-electron chi connectivity index (χ4n) is 2.71. The molecule has 0 unspecified atom stereocenters. The smallest absolute Gasteiger partial charge is 0.257 e. The highest BCUT2D eigenvalue weighted by Crippen LogP contribution is 2.28. The lowest BCUT2D eigenvalue weighted by atomic mass is 10.0. The summed E-state index contributed by atoms with van der Waals surface area (Å²) in [6.07, 6.45) is 0. The maximum Gasteiger partial charge on any atom is 0.257 e. The van der Waals surface area contributed by atoms with E-state index in [1.165, 1.54) is 22.5 Å². The highest BCUT2D eigenvalue weighted by molar-refractivity contribution is 7.14. The van der Waals surface area contributed by atoms with Crippen molar-refractivity contribution in [3.63, 3.8) is 0 Å². The van der Waals surface area contributed by atoms with Gasteiger partial charge in [0, 0.05) is 16.5 Å². The maximum absolute atomic E-state index is 12.4. The average Bonchev–Trinajstić information content (AvgIpc) is 3.23. The van der Waals surface area contributed by atoms with E-state index in [9.17, 15) is 4.79 Å². The van der Waals surface area contributed by atoms with Crippen molar-refractivity contribution in [1.82, 2.24) is 20.4 Å². The molecule has 0 bridgehead atoms. The second kappa shape index (κ2) is 6.10. The zero-order chi connectivity index (χ0) is 17.4. The van der Waals surface area contributed by atoms with E-state index in [2.05, 4.69) is 57.8 Å². The minimum absolute atomic E-state index is 0.216. The van der Waals surface area contributed by atoms with E-state index in [1.807, 2.05) is 5.38 Å². The molecule has 0 saturated heterocycles. The first-order valence-electron chi connectivity index (χ1n) is 7.75. The number of benzene rings is 2. The molecule has 2 aromatic heterocycles. The number of carbonyl (C=O) groups is 1. The van der Waals surface area contributed by atoms with Gasteiger partial charge in [-0.2, -0.15) is 15.4 Å². The van der Waals surface area contributed by atoms with Crippen LogP contribution in [-0.4, -0.2) is 26.3 Å². The van der Waals surface area contributed by atoms with E-state index in [4.69, 9.17) is 0 Å². The lowest BCUT2D eigenvalue weighted by Gasteiger charge is -2.04. The molecule has 0 atom stereocenters. The number of nitrogens with one attached hydrogen (secondary N) is 2. The molecule has 2 N–H and O–H groups in total. The van der Waals surface area contributed by atoms with Gasteiger partial charge in [0.1, 0.15) is 11.0 Å². The molecule has 0 aliphatic carbocycles. The minimum atomic E-state index is -0.216. The van der Waals surface area contributed by atoms with Crippen molar-refractivity contribution in [2.45, 2.75) is 13.8 Å². The molecular weight excluding hydrogens is 334 g/mol. The summed E-state index contributed by atoms with van der Waals surface area (Å²) in [4.78, 5) is 17.0. The third kappa shape index (κ3) is 3.01. The van der Waals surface area contributed by atoms with Gasteiger partial charge in [0.2, 0.25) is 0 Å². The molecule has 6 nitrogen and oxygen atoms in total. The quantitative estimate of drug-likeness (QED) is 0.586. The van der Waals surface area contributed by atoms with Crippen LogP contribution in [0.5, 0.6) is 0 Å². The molecule has 2 aromatic carbocycles. The highest BCUT2D eigenvalue weighted by Gasteiger charge is 2.12. The van der Waals surface area contributed by atoms with Gasteiger partial charge in [-0.05, 0) is 37.6 Å². The number of hydrogen-bond donors (Lipinski definition) is 2. The summed E-state index contributed by atoms with van der Waals surface area (Å²) < 4.78 is 0. The number of aromatic amines is 1. The van der Waals surface area contributed by atoms with Gasteiger partial charge in [-0.25, -0.2) is 4.98 Å². The molecule has 25 heavy (non-hydrogen) atoms. The molecule has 0 fully saturated rings. The number of fused-ring (bicyclic) bond motifs is 1. The van der Waals surface area contributed by atoms with E-state index in [0.29, 0.717) is 16.2 Å². The zero-order valence-electron chi connectivity index (χ0n) is 13.7. The Kier molecular flexibility index (Phi) is 3.77. The van der Waals surface area contributed by atoms with E-state index >= 15 is 0 Å². The summed E-state index contributed by atoms with van der Waals surface area (Å²) in [5, 5.41) is 15.9. The van der Waals surface area contributed by atoms with Crippen molar-refractivity contribution < 1.29 is 4.79 Å². The highest BCUT2D eigenvalue weighted by atomic mass is 32.1. The van der Waals surface area contributed by atoms with E-state index in [0.717, 1.165) is 16.8 Å². The van der Waals surface area contributed by atoms with Crippen LogP contribution in [-0.2, 0) is 0 Å². The first kappa shape index (κ1) is 15.5. The van der Waals surface area contributed by atoms with Gasteiger partial charge in [-0.3, -0.25) is 10.1 Å². The van der Waals surface area contributed by atoms with Crippen molar-refractivity contribution in [1.29, 1.82) is 0 Å². The van der Waals surface area contributed by atoms with E-state index < -0.39 is 0 Å². The van der Waals surface area contributed by atoms with E-state index in [1.54, 1.807) is 18.2 Å². The molecule has 0 radical (unpaired) electrons. The Labute approximate surface area is 147 Å². The third-order valence-electron chi connectivity index (χ3n) is 3.96. The molecule has 4 aromatic rings. The normalized spacial score (nSPS) is 11.0. The summed E-state index contributed by atoms with van der Waals surface area (Å²) in [5.41, 5.74) is 6.22. The van der Waals surface area contributed by atoms with Crippen LogP contribution in [0.2, 0.25) is 0 Å². The second-order valence-electron chi connectivity index (χ2n) is 5.84. The molecule has 4 rings (SSSR count). The number of hydrogen-bond acceptors (Lipinski definition) is 5. The van der Waals surface area contributed by atoms with Gasteiger partial charge in [0.05, 0.1) is 5.69 Å². The Morgan fingerprint density at radius 3 is 2.76 bits per heavy atom. The zero-order valence-corrected chi connectivity index (χ0v) is 14.5. The monoisotopic (exact) mass is 349 g/mol. The number of thiazole rings is 1. The number of carbonyl (C=O) groups excluding carboxylic acids is 1. The molecule has 0 aliphatic heterocycles. The van der Waals surface area contributed by atoms with Crippen molar-refractivity contribution in [2.24, 2.45) is 0 Å². The van der Waals surface area contributed by atoms with Gasteiger partial charge in [0.15, 0.2) is 5.13 Å². The molecule has 124 valence electrons. The predicted octanol–water partition coefficient (Wildman–Crippen LogP) is 3.95. The molecule has 2 heterocycles. The summed E-state index contributed by atoms with van der Waals surface area (Å²) in [6, 6.07) is 11.4. The second-order valence-corrected chi connectivity index (χ2v) is 6.70. The van der Waals surface area contributed by atoms with Gasteiger partial charge in [-0.1, -0.05) is 23.8 Å². The number of aryl methyl sites for hydroxylation is 2. The van der Waals surface area contributed by atoms with Gasteiger partial charge >= 0.3 is 0 Å². The van der Waals surface area contributed by atoms with Crippen LogP contribution in [0, 0.1) is 13.8 Å². The molecule has 7 heteroatoms. The topological polar surface area (TPSA) is 83.6 Å². The Hall–Kier alpha value is -3.06. The first-order valence-corrected chi connectivity index (χ1v) is 8.63. The predicted molar refractivity (Wildman–Crippen MR) is 98.9 cm³/mol. The average molecular weight is 349 g/mol. The van der Waals surface area contributed by atoms with Crippen molar-refractivity contribution in [3.8, 4) is 11.3 Å². The van der Waals surface area contributed by atoms with Crippen LogP contribution >= 0.6 is 11.3 Å². The summed E-state index contributed by atoms with van der Waals surface area (Å²) in [7, 11) is 0. The van der Waals surface area contributed by atoms with Crippen LogP contribution in [0.3, 0.4) is 0 Å². The standard InChI is InChI=1S/C18H15N5OS/c1-10-3-5-13(11(2)7-10)16-9-25-18(19-16)20-17(24)12-4-6-14-15(8-12)22-23-21-14/h3-9H,1-2H3,(H,19,20,24)(H,21,22,23). The number of anilines is 1. The number of rotatable bonds is 3. The molecule has 0 spiro atoms. The Balaban J connectivity index is 1.56. The molecule has 0 aliphatic rings. The number of aromatic nitrogens is 4. The molecular formula is C18H15N5OS. The lowest BCUT2D eigenvalue weighted by Crippen LogP contribution is -2.11. The van der Waals surface area contributed by atoms with Crippen LogP contribution in [0.4, 0.5) is 5.13 Å². The lowest BCUT2D eigenvalue weighted by molar-refractivity contribution is 0.102. The summed E-state index contributed by atoms with van der Waals surface area (Å²) >= 11 is 1.41. The Morgan fingerprint density at radius 1 is 1.08 bits per heavy atom. The first-order chi connectivity index (χ1) is 12.1. The Bertz CT molecular complexity index is 1080. The van der Waals surface area contributed by atoms with Crippen molar-refractivity contribution in [2.75, 3.05) is 5.32 Å². The van der Waals surface area contributed by atoms with Crippen LogP contribution in [0.25, 0.3) is 22.3 Å². The van der Waals surface area contributed by atoms with Crippen molar-refractivity contribution >= 4 is 33.4 Å². The minimum Gasteiger partial charge on any atom is -0.298 e. The van der Waals surface area contributed by atoms with Gasteiger partial charge < -0.3 is 0 Å². The van der Waals surface area contributed by atoms with Crippen LogP contribution in [0.1, 0.15) is 21.5 Å². The van der Waals surface area contributed by atoms with Crippen molar-refractivity contribution in [3.05, 3.63) is 58.5 Å². The maximum atomic E-state index is 12.4. The SMILES string of the molecule is Cc1ccc(-c2csc(NC(=O)c3ccc4n[nH]nc4c3)n2)c(C)c1. The number of nitrogens with zero attached hydrogens (tertiary/aromatic N) is 3. The largest absolute Gasteiger partial charge is 0.298 e. The van der Waals surface area contributed by atoms with Crippen LogP contribution in [0.15, 0.2) is 41.8 Å². The fraction of sp³-hybridized carbons (Fsp3) is 0.111. The summed E-state index contributed by atoms with van der Waals surface area (Å²) in [6.45, 7) is 4.13. The van der Waals surface area contributed by atoms with Gasteiger partial charge in [0.25, 0.3) is 5.91 Å². The van der Waals surface area contributed by atoms with Crippen LogP contribution < -0.4 is 5.32 Å². The fourth-order valence-corrected chi connectivity index (χ4v) is 3.41. The van der Waals surface area contributed by atoms with E-state index in [-0.39, 0.29) is 5.91 Å². The Morgan fingerprint density at radius 2 is 1.92 bits per heavy atom. The number of amides is 1. The van der Waals surface area contributed by atoms with Gasteiger partial charge in [-0.15, -0.1) is 11.3 Å². The molecule has 1 amide bonds. The number of H-pyrrole nitrogens is 1. The summed E-state index contributed by atoms with van der Waals surface area (Å²) in [5.74, 6) is -0.216. The molecule has 0 saturated carbocycles. The third-order valence-corrected chi connectivity index (χ3v) is 4.72.